The van der Waals surface area contributed by atoms with Gasteiger partial charge >= 0.3 is 0 Å². The molecule has 0 bridgehead atoms. The minimum Gasteiger partial charge on any atom is -0.370 e. The number of rotatable bonds is 5. The third-order valence-corrected chi connectivity index (χ3v) is 2.51. The molecule has 0 spiro atoms. The van der Waals surface area contributed by atoms with E-state index in [0.717, 1.165) is 5.56 Å². The smallest absolute Gasteiger partial charge is 0.257 e. The predicted molar refractivity (Wildman–Crippen MR) is 62.3 cm³/mol. The number of benzene rings is 1. The maximum Gasteiger partial charge on any atom is 0.257 e. The minimum atomic E-state index is -0.404. The number of halogens is 1. The highest BCUT2D eigenvalue weighted by Gasteiger charge is 2.16. The van der Waals surface area contributed by atoms with Gasteiger partial charge in [-0.2, -0.15) is 4.98 Å². The molecule has 2 N–H and O–H groups in total. The number of hydrogen-bond acceptors (Lipinski definition) is 5. The summed E-state index contributed by atoms with van der Waals surface area (Å²) in [6.07, 6.45) is 0.00110. The Balaban J connectivity index is 2.11. The molecule has 0 fully saturated rings. The normalized spacial score (nSPS) is 12.6. The van der Waals surface area contributed by atoms with Crippen molar-refractivity contribution in [1.82, 2.24) is 10.1 Å². The standard InChI is InChI=1S/C12H14FN3O2/c1-17-10(7-14)12-15-11(16-18-12)6-8-3-2-4-9(13)5-8/h2-5,10H,6-7,14H2,1H3. The molecule has 0 saturated heterocycles. The van der Waals surface area contributed by atoms with Gasteiger partial charge in [0.25, 0.3) is 5.89 Å². The Labute approximate surface area is 104 Å². The topological polar surface area (TPSA) is 74.2 Å². The van der Waals surface area contributed by atoms with Gasteiger partial charge in [-0.15, -0.1) is 0 Å². The summed E-state index contributed by atoms with van der Waals surface area (Å²) >= 11 is 0. The van der Waals surface area contributed by atoms with Crippen molar-refractivity contribution in [3.8, 4) is 0 Å². The molecule has 2 aromatic rings. The number of hydrogen-bond donors (Lipinski definition) is 1. The molecule has 0 radical (unpaired) electrons. The van der Waals surface area contributed by atoms with E-state index in [1.165, 1.54) is 19.2 Å². The zero-order chi connectivity index (χ0) is 13.0. The molecule has 1 aromatic heterocycles. The zero-order valence-corrected chi connectivity index (χ0v) is 9.97. The van der Waals surface area contributed by atoms with Crippen molar-refractivity contribution in [2.75, 3.05) is 13.7 Å². The highest BCUT2D eigenvalue weighted by molar-refractivity contribution is 5.19. The van der Waals surface area contributed by atoms with E-state index in [9.17, 15) is 4.39 Å². The molecular formula is C12H14FN3O2. The van der Waals surface area contributed by atoms with Crippen LogP contribution in [-0.4, -0.2) is 23.8 Å². The molecule has 0 aliphatic carbocycles. The second-order valence-electron chi connectivity index (χ2n) is 3.82. The quantitative estimate of drug-likeness (QED) is 0.870. The van der Waals surface area contributed by atoms with Gasteiger partial charge in [-0.05, 0) is 17.7 Å². The molecule has 1 aromatic carbocycles. The Morgan fingerprint density at radius 2 is 2.33 bits per heavy atom. The first-order valence-electron chi connectivity index (χ1n) is 5.52. The van der Waals surface area contributed by atoms with Gasteiger partial charge in [-0.1, -0.05) is 17.3 Å². The summed E-state index contributed by atoms with van der Waals surface area (Å²) in [5.74, 6) is 0.533. The average molecular weight is 251 g/mol. The van der Waals surface area contributed by atoms with Crippen molar-refractivity contribution in [3.05, 3.63) is 47.4 Å². The molecular weight excluding hydrogens is 237 g/mol. The number of nitrogens with two attached hydrogens (primary N) is 1. The minimum absolute atomic E-state index is 0.262. The fourth-order valence-electron chi connectivity index (χ4n) is 1.60. The molecule has 0 aliphatic heterocycles. The first-order chi connectivity index (χ1) is 8.72. The van der Waals surface area contributed by atoms with Crippen LogP contribution in [0.3, 0.4) is 0 Å². The summed E-state index contributed by atoms with van der Waals surface area (Å²) < 4.78 is 23.1. The van der Waals surface area contributed by atoms with E-state index in [0.29, 0.717) is 18.1 Å². The zero-order valence-electron chi connectivity index (χ0n) is 9.97. The van der Waals surface area contributed by atoms with Crippen molar-refractivity contribution >= 4 is 0 Å². The molecule has 18 heavy (non-hydrogen) atoms. The number of nitrogens with zero attached hydrogens (tertiary/aromatic N) is 2. The lowest BCUT2D eigenvalue weighted by Gasteiger charge is -2.05. The first kappa shape index (κ1) is 12.7. The largest absolute Gasteiger partial charge is 0.370 e. The van der Waals surface area contributed by atoms with Crippen molar-refractivity contribution in [2.24, 2.45) is 5.73 Å². The lowest BCUT2D eigenvalue weighted by molar-refractivity contribution is 0.0804. The van der Waals surface area contributed by atoms with Crippen LogP contribution >= 0.6 is 0 Å². The van der Waals surface area contributed by atoms with Crippen molar-refractivity contribution < 1.29 is 13.7 Å². The van der Waals surface area contributed by atoms with Crippen LogP contribution in [0, 0.1) is 5.82 Å². The van der Waals surface area contributed by atoms with Gasteiger partial charge < -0.3 is 15.0 Å². The van der Waals surface area contributed by atoms with Crippen LogP contribution in [0.5, 0.6) is 0 Å². The number of aromatic nitrogens is 2. The maximum absolute atomic E-state index is 13.0. The first-order valence-corrected chi connectivity index (χ1v) is 5.52. The fourth-order valence-corrected chi connectivity index (χ4v) is 1.60. The Hall–Kier alpha value is -1.79. The summed E-state index contributed by atoms with van der Waals surface area (Å²) in [5, 5.41) is 3.81. The van der Waals surface area contributed by atoms with E-state index in [1.54, 1.807) is 12.1 Å². The third-order valence-electron chi connectivity index (χ3n) is 2.51. The Morgan fingerprint density at radius 3 is 3.00 bits per heavy atom. The summed E-state index contributed by atoms with van der Waals surface area (Å²) in [6, 6.07) is 6.27. The van der Waals surface area contributed by atoms with Crippen molar-refractivity contribution in [2.45, 2.75) is 12.5 Å². The predicted octanol–water partition coefficient (Wildman–Crippen LogP) is 1.45. The van der Waals surface area contributed by atoms with E-state index < -0.39 is 6.10 Å². The lowest BCUT2D eigenvalue weighted by atomic mass is 10.1. The van der Waals surface area contributed by atoms with Gasteiger partial charge in [0, 0.05) is 20.1 Å². The number of methoxy groups -OCH3 is 1. The second kappa shape index (κ2) is 5.70. The van der Waals surface area contributed by atoms with E-state index in [-0.39, 0.29) is 12.4 Å². The van der Waals surface area contributed by atoms with Gasteiger partial charge in [0.15, 0.2) is 5.82 Å². The van der Waals surface area contributed by atoms with Gasteiger partial charge in [0.1, 0.15) is 11.9 Å². The second-order valence-corrected chi connectivity index (χ2v) is 3.82. The molecule has 96 valence electrons. The molecule has 0 saturated carbocycles. The molecule has 0 amide bonds. The van der Waals surface area contributed by atoms with Crippen molar-refractivity contribution in [1.29, 1.82) is 0 Å². The SMILES string of the molecule is COC(CN)c1nc(Cc2cccc(F)c2)no1. The fraction of sp³-hybridized carbons (Fsp3) is 0.333. The monoisotopic (exact) mass is 251 g/mol. The highest BCUT2D eigenvalue weighted by atomic mass is 19.1. The van der Waals surface area contributed by atoms with Crippen molar-refractivity contribution in [3.63, 3.8) is 0 Å². The van der Waals surface area contributed by atoms with Gasteiger partial charge in [-0.3, -0.25) is 0 Å². The van der Waals surface area contributed by atoms with Crippen LogP contribution in [-0.2, 0) is 11.2 Å². The summed E-state index contributed by atoms with van der Waals surface area (Å²) in [6.45, 7) is 0.262. The Morgan fingerprint density at radius 1 is 1.50 bits per heavy atom. The maximum atomic E-state index is 13.0. The Bertz CT molecular complexity index is 512. The van der Waals surface area contributed by atoms with E-state index in [2.05, 4.69) is 10.1 Å². The molecule has 1 unspecified atom stereocenters. The van der Waals surface area contributed by atoms with Crippen LogP contribution in [0.25, 0.3) is 0 Å². The average Bonchev–Trinajstić information content (AvgIpc) is 2.79. The molecule has 5 nitrogen and oxygen atoms in total. The third kappa shape index (κ3) is 2.91. The van der Waals surface area contributed by atoms with Crippen LogP contribution in [0.4, 0.5) is 4.39 Å². The highest BCUT2D eigenvalue weighted by Crippen LogP contribution is 2.14. The summed E-state index contributed by atoms with van der Waals surface area (Å²) in [4.78, 5) is 4.17. The van der Waals surface area contributed by atoms with Gasteiger partial charge in [0.05, 0.1) is 0 Å². The van der Waals surface area contributed by atoms with E-state index >= 15 is 0 Å². The Kier molecular flexibility index (Phi) is 4.01. The van der Waals surface area contributed by atoms with Crippen LogP contribution in [0.15, 0.2) is 28.8 Å². The lowest BCUT2D eigenvalue weighted by Crippen LogP contribution is -2.14. The van der Waals surface area contributed by atoms with E-state index in [4.69, 9.17) is 15.0 Å². The summed E-state index contributed by atoms with van der Waals surface area (Å²) in [5.41, 5.74) is 6.28. The van der Waals surface area contributed by atoms with Crippen LogP contribution < -0.4 is 5.73 Å². The summed E-state index contributed by atoms with van der Waals surface area (Å²) in [7, 11) is 1.52. The van der Waals surface area contributed by atoms with Crippen LogP contribution in [0.2, 0.25) is 0 Å². The number of ether oxygens (including phenoxy) is 1. The van der Waals surface area contributed by atoms with Crippen LogP contribution in [0.1, 0.15) is 23.4 Å². The van der Waals surface area contributed by atoms with Gasteiger partial charge in [0.2, 0.25) is 0 Å². The van der Waals surface area contributed by atoms with E-state index in [1.807, 2.05) is 0 Å². The molecule has 1 heterocycles. The molecule has 2 rings (SSSR count). The molecule has 0 aliphatic rings. The molecule has 6 heteroatoms. The molecule has 1 atom stereocenters. The van der Waals surface area contributed by atoms with Gasteiger partial charge in [-0.25, -0.2) is 4.39 Å².